The number of para-hydroxylation sites is 2. The van der Waals surface area contributed by atoms with Crippen LogP contribution in [0.1, 0.15) is 44.3 Å². The number of aromatic amines is 1. The number of imidazole rings is 1. The zero-order valence-corrected chi connectivity index (χ0v) is 13.7. The Bertz CT molecular complexity index is 641. The van der Waals surface area contributed by atoms with Crippen molar-refractivity contribution in [2.45, 2.75) is 50.5 Å². The highest BCUT2D eigenvalue weighted by Gasteiger charge is 2.34. The number of nitrogens with zero attached hydrogens (tertiary/aromatic N) is 2. The molecule has 0 bridgehead atoms. The predicted octanol–water partition coefficient (Wildman–Crippen LogP) is 2.65. The summed E-state index contributed by atoms with van der Waals surface area (Å²) in [6.45, 7) is 0.686. The van der Waals surface area contributed by atoms with Crippen LogP contribution in [0.15, 0.2) is 24.3 Å². The van der Waals surface area contributed by atoms with Crippen LogP contribution in [0.4, 0.5) is 0 Å². The predicted molar refractivity (Wildman–Crippen MR) is 90.1 cm³/mol. The zero-order chi connectivity index (χ0) is 16.3. The second-order valence-electron chi connectivity index (χ2n) is 6.73. The monoisotopic (exact) mass is 315 g/mol. The third kappa shape index (κ3) is 3.91. The smallest absolute Gasteiger partial charge is 0.225 e. The van der Waals surface area contributed by atoms with Gasteiger partial charge in [-0.15, -0.1) is 0 Å². The Balaban J connectivity index is 1.46. The van der Waals surface area contributed by atoms with Crippen molar-refractivity contribution in [3.63, 3.8) is 0 Å². The molecule has 2 aromatic rings. The van der Waals surface area contributed by atoms with Gasteiger partial charge in [0.05, 0.1) is 23.1 Å². The molecular formula is C18H25N3O2. The van der Waals surface area contributed by atoms with Gasteiger partial charge in [-0.25, -0.2) is 4.98 Å². The molecule has 0 unspecified atom stereocenters. The number of fused-ring (bicyclic) bond motifs is 1. The Morgan fingerprint density at radius 3 is 2.83 bits per heavy atom. The maximum atomic E-state index is 12.2. The van der Waals surface area contributed by atoms with E-state index in [1.807, 2.05) is 31.3 Å². The van der Waals surface area contributed by atoms with E-state index >= 15 is 0 Å². The van der Waals surface area contributed by atoms with Crippen LogP contribution < -0.4 is 0 Å². The first-order valence-corrected chi connectivity index (χ1v) is 8.46. The Hall–Kier alpha value is -1.88. The van der Waals surface area contributed by atoms with E-state index in [0.717, 1.165) is 55.4 Å². The van der Waals surface area contributed by atoms with Gasteiger partial charge in [-0.2, -0.15) is 0 Å². The maximum absolute atomic E-state index is 12.2. The normalized spacial score (nSPS) is 16.8. The molecule has 0 radical (unpaired) electrons. The van der Waals surface area contributed by atoms with Crippen molar-refractivity contribution in [3.8, 4) is 0 Å². The first-order chi connectivity index (χ1) is 11.1. The van der Waals surface area contributed by atoms with Crippen LogP contribution in [-0.4, -0.2) is 45.1 Å². The number of rotatable bonds is 6. The molecule has 124 valence electrons. The average molecular weight is 315 g/mol. The standard InChI is InChI=1S/C18H25N3O2/c1-21(17(22)13-18(23)10-4-5-11-18)12-6-9-16-19-14-7-2-3-8-15(14)20-16/h2-3,7-8,23H,4-6,9-13H2,1H3,(H,19,20). The number of carbonyl (C=O) groups is 1. The first-order valence-electron chi connectivity index (χ1n) is 8.46. The summed E-state index contributed by atoms with van der Waals surface area (Å²) < 4.78 is 0. The summed E-state index contributed by atoms with van der Waals surface area (Å²) in [5.74, 6) is 1.00. The number of aryl methyl sites for hydroxylation is 1. The zero-order valence-electron chi connectivity index (χ0n) is 13.7. The fourth-order valence-corrected chi connectivity index (χ4v) is 3.36. The fourth-order valence-electron chi connectivity index (χ4n) is 3.36. The summed E-state index contributed by atoms with van der Waals surface area (Å²) in [4.78, 5) is 21.8. The second-order valence-corrected chi connectivity index (χ2v) is 6.73. The highest BCUT2D eigenvalue weighted by Crippen LogP contribution is 2.32. The number of aliphatic hydroxyl groups is 1. The van der Waals surface area contributed by atoms with Crippen LogP contribution in [0.3, 0.4) is 0 Å². The van der Waals surface area contributed by atoms with Crippen molar-refractivity contribution in [2.75, 3.05) is 13.6 Å². The molecule has 1 aromatic carbocycles. The SMILES string of the molecule is CN(CCCc1nc2ccccc2[nH]1)C(=O)CC1(O)CCCC1. The number of hydrogen-bond donors (Lipinski definition) is 2. The van der Waals surface area contributed by atoms with Gasteiger partial charge in [0.1, 0.15) is 5.82 Å². The largest absolute Gasteiger partial charge is 0.389 e. The highest BCUT2D eigenvalue weighted by atomic mass is 16.3. The van der Waals surface area contributed by atoms with Crippen molar-refractivity contribution < 1.29 is 9.90 Å². The number of H-pyrrole nitrogens is 1. The van der Waals surface area contributed by atoms with E-state index < -0.39 is 5.60 Å². The molecule has 3 rings (SSSR count). The van der Waals surface area contributed by atoms with Gasteiger partial charge < -0.3 is 15.0 Å². The highest BCUT2D eigenvalue weighted by molar-refractivity contribution is 5.77. The van der Waals surface area contributed by atoms with Crippen LogP contribution in [0.5, 0.6) is 0 Å². The molecule has 1 aromatic heterocycles. The van der Waals surface area contributed by atoms with Crippen molar-refractivity contribution in [2.24, 2.45) is 0 Å². The molecule has 1 aliphatic rings. The number of nitrogens with one attached hydrogen (secondary N) is 1. The third-order valence-electron chi connectivity index (χ3n) is 4.79. The van der Waals surface area contributed by atoms with Gasteiger partial charge >= 0.3 is 0 Å². The third-order valence-corrected chi connectivity index (χ3v) is 4.79. The molecular weight excluding hydrogens is 290 g/mol. The molecule has 0 spiro atoms. The number of benzene rings is 1. The van der Waals surface area contributed by atoms with Crippen LogP contribution in [0.2, 0.25) is 0 Å². The number of aromatic nitrogens is 2. The van der Waals surface area contributed by atoms with Gasteiger partial charge in [0.25, 0.3) is 0 Å². The summed E-state index contributed by atoms with van der Waals surface area (Å²) >= 11 is 0. The lowest BCUT2D eigenvalue weighted by atomic mass is 9.97. The van der Waals surface area contributed by atoms with E-state index in [-0.39, 0.29) is 12.3 Å². The molecule has 0 saturated heterocycles. The summed E-state index contributed by atoms with van der Waals surface area (Å²) in [6, 6.07) is 7.98. The quantitative estimate of drug-likeness (QED) is 0.861. The van der Waals surface area contributed by atoms with Gasteiger partial charge in [-0.05, 0) is 31.4 Å². The van der Waals surface area contributed by atoms with Gasteiger partial charge in [0.2, 0.25) is 5.91 Å². The molecule has 1 aliphatic carbocycles. The minimum Gasteiger partial charge on any atom is -0.389 e. The first kappa shape index (κ1) is 16.0. The molecule has 0 atom stereocenters. The van der Waals surface area contributed by atoms with Crippen molar-refractivity contribution in [1.82, 2.24) is 14.9 Å². The number of carbonyl (C=O) groups excluding carboxylic acids is 1. The molecule has 5 nitrogen and oxygen atoms in total. The van der Waals surface area contributed by atoms with Crippen molar-refractivity contribution >= 4 is 16.9 Å². The molecule has 23 heavy (non-hydrogen) atoms. The minimum atomic E-state index is -0.760. The van der Waals surface area contributed by atoms with E-state index in [1.165, 1.54) is 0 Å². The van der Waals surface area contributed by atoms with E-state index in [1.54, 1.807) is 4.90 Å². The Labute approximate surface area is 136 Å². The van der Waals surface area contributed by atoms with Crippen molar-refractivity contribution in [3.05, 3.63) is 30.1 Å². The van der Waals surface area contributed by atoms with Crippen molar-refractivity contribution in [1.29, 1.82) is 0 Å². The lowest BCUT2D eigenvalue weighted by Crippen LogP contribution is -2.36. The molecule has 1 fully saturated rings. The van der Waals surface area contributed by atoms with Crippen LogP contribution in [0, 0.1) is 0 Å². The summed E-state index contributed by atoms with van der Waals surface area (Å²) in [5, 5.41) is 10.3. The number of hydrogen-bond acceptors (Lipinski definition) is 3. The van der Waals surface area contributed by atoms with E-state index in [9.17, 15) is 9.90 Å². The van der Waals surface area contributed by atoms with E-state index in [0.29, 0.717) is 6.54 Å². The van der Waals surface area contributed by atoms with Crippen LogP contribution in [-0.2, 0) is 11.2 Å². The summed E-state index contributed by atoms with van der Waals surface area (Å²) in [6.07, 6.45) is 5.50. The lowest BCUT2D eigenvalue weighted by Gasteiger charge is -2.25. The Morgan fingerprint density at radius 1 is 1.35 bits per heavy atom. The second kappa shape index (κ2) is 6.71. The fraction of sp³-hybridized carbons (Fsp3) is 0.556. The van der Waals surface area contributed by atoms with E-state index in [2.05, 4.69) is 9.97 Å². The summed E-state index contributed by atoms with van der Waals surface area (Å²) in [5.41, 5.74) is 1.27. The van der Waals surface area contributed by atoms with E-state index in [4.69, 9.17) is 0 Å². The molecule has 1 saturated carbocycles. The average Bonchev–Trinajstić information content (AvgIpc) is 3.12. The number of amides is 1. The molecule has 2 N–H and O–H groups in total. The minimum absolute atomic E-state index is 0.0407. The molecule has 5 heteroatoms. The van der Waals surface area contributed by atoms with Gasteiger partial charge in [-0.3, -0.25) is 4.79 Å². The van der Waals surface area contributed by atoms with Gasteiger partial charge in [0.15, 0.2) is 0 Å². The van der Waals surface area contributed by atoms with Gasteiger partial charge in [0, 0.05) is 20.0 Å². The topological polar surface area (TPSA) is 69.2 Å². The molecule has 0 aliphatic heterocycles. The Morgan fingerprint density at radius 2 is 2.09 bits per heavy atom. The van der Waals surface area contributed by atoms with Crippen LogP contribution in [0.25, 0.3) is 11.0 Å². The van der Waals surface area contributed by atoms with Crippen LogP contribution >= 0.6 is 0 Å². The molecule has 1 amide bonds. The van der Waals surface area contributed by atoms with Gasteiger partial charge in [-0.1, -0.05) is 25.0 Å². The maximum Gasteiger partial charge on any atom is 0.225 e. The summed E-state index contributed by atoms with van der Waals surface area (Å²) in [7, 11) is 1.82. The molecule has 1 heterocycles. The Kier molecular flexibility index (Phi) is 4.66. The lowest BCUT2D eigenvalue weighted by molar-refractivity contribution is -0.135.